The van der Waals surface area contributed by atoms with Gasteiger partial charge in [0, 0.05) is 29.6 Å². The molecule has 0 amide bonds. The van der Waals surface area contributed by atoms with Crippen molar-refractivity contribution in [1.82, 2.24) is 0 Å². The van der Waals surface area contributed by atoms with Gasteiger partial charge in [-0.2, -0.15) is 0 Å². The highest BCUT2D eigenvalue weighted by molar-refractivity contribution is 5.66. The lowest BCUT2D eigenvalue weighted by Crippen LogP contribution is -2.60. The van der Waals surface area contributed by atoms with E-state index in [4.69, 9.17) is 4.74 Å². The topological polar surface area (TPSA) is 127 Å². The molecular formula is C22H36O7. The zero-order chi connectivity index (χ0) is 21.8. The minimum Gasteiger partial charge on any atom is -0.462 e. The number of hydrogen-bond acceptors (Lipinski definition) is 7. The summed E-state index contributed by atoms with van der Waals surface area (Å²) >= 11 is 0. The van der Waals surface area contributed by atoms with Crippen LogP contribution in [0.15, 0.2) is 0 Å². The number of carbonyl (C=O) groups excluding carboxylic acids is 1. The lowest BCUT2D eigenvalue weighted by atomic mass is 9.57. The molecule has 1 spiro atoms. The first-order valence-electron chi connectivity index (χ1n) is 10.8. The molecular weight excluding hydrogens is 376 g/mol. The average molecular weight is 413 g/mol. The molecule has 0 heterocycles. The summed E-state index contributed by atoms with van der Waals surface area (Å²) in [7, 11) is 0. The molecule has 0 saturated heterocycles. The molecule has 0 aromatic carbocycles. The Bertz CT molecular complexity index is 716. The fraction of sp³-hybridized carbons (Fsp3) is 0.955. The van der Waals surface area contributed by atoms with Crippen LogP contribution in [0.4, 0.5) is 0 Å². The van der Waals surface area contributed by atoms with Crippen molar-refractivity contribution in [1.29, 1.82) is 0 Å². The Morgan fingerprint density at radius 3 is 2.17 bits per heavy atom. The second kappa shape index (κ2) is 5.94. The van der Waals surface area contributed by atoms with Crippen molar-refractivity contribution in [2.45, 2.75) is 102 Å². The Morgan fingerprint density at radius 1 is 0.966 bits per heavy atom. The average Bonchev–Trinajstić information content (AvgIpc) is 2.80. The van der Waals surface area contributed by atoms with Gasteiger partial charge < -0.3 is 30.3 Å². The quantitative estimate of drug-likeness (QED) is 0.402. The van der Waals surface area contributed by atoms with E-state index in [2.05, 4.69) is 0 Å². The molecule has 4 rings (SSSR count). The first-order valence-corrected chi connectivity index (χ1v) is 10.8. The second-order valence-corrected chi connectivity index (χ2v) is 11.3. The smallest absolute Gasteiger partial charge is 0.302 e. The van der Waals surface area contributed by atoms with E-state index >= 15 is 0 Å². The van der Waals surface area contributed by atoms with Gasteiger partial charge in [0.25, 0.3) is 0 Å². The largest absolute Gasteiger partial charge is 0.462 e. The number of ether oxygens (including phenoxy) is 1. The number of hydrogen-bond donors (Lipinski definition) is 5. The SMILES string of the molecule is CC(=O)O[C@@H]1C2CCC3[C@@](C)(O)C4CC(O)C(C)(C)C4(O)C(O)C[C@]31C[C@@]2(C)O. The van der Waals surface area contributed by atoms with Crippen LogP contribution in [0.1, 0.15) is 66.7 Å². The fourth-order valence-electron chi connectivity index (χ4n) is 8.14. The molecule has 2 bridgehead atoms. The van der Waals surface area contributed by atoms with E-state index in [-0.39, 0.29) is 31.1 Å². The summed E-state index contributed by atoms with van der Waals surface area (Å²) in [5.74, 6) is -1.86. The number of rotatable bonds is 1. The maximum absolute atomic E-state index is 11.9. The predicted octanol–water partition coefficient (Wildman–Crippen LogP) is 0.739. The van der Waals surface area contributed by atoms with Crippen molar-refractivity contribution in [3.8, 4) is 0 Å². The zero-order valence-electron chi connectivity index (χ0n) is 18.1. The van der Waals surface area contributed by atoms with Crippen LogP contribution in [0, 0.1) is 28.6 Å². The number of fused-ring (bicyclic) bond motifs is 2. The van der Waals surface area contributed by atoms with Crippen LogP contribution in [0.5, 0.6) is 0 Å². The minimum absolute atomic E-state index is 0.0988. The van der Waals surface area contributed by atoms with E-state index in [0.717, 1.165) is 0 Å². The van der Waals surface area contributed by atoms with Gasteiger partial charge in [-0.3, -0.25) is 4.79 Å². The van der Waals surface area contributed by atoms with Crippen molar-refractivity contribution in [3.63, 3.8) is 0 Å². The molecule has 0 aromatic heterocycles. The van der Waals surface area contributed by atoms with Gasteiger partial charge in [-0.05, 0) is 51.9 Å². The molecule has 7 heteroatoms. The van der Waals surface area contributed by atoms with Crippen LogP contribution in [-0.2, 0) is 9.53 Å². The Labute approximate surface area is 172 Å². The molecule has 4 fully saturated rings. The molecule has 10 atom stereocenters. The zero-order valence-corrected chi connectivity index (χ0v) is 18.1. The van der Waals surface area contributed by atoms with Crippen LogP contribution < -0.4 is 0 Å². The highest BCUT2D eigenvalue weighted by Crippen LogP contribution is 2.70. The lowest BCUT2D eigenvalue weighted by Gasteiger charge is -2.51. The van der Waals surface area contributed by atoms with Crippen LogP contribution >= 0.6 is 0 Å². The molecule has 5 N–H and O–H groups in total. The Hall–Kier alpha value is -0.730. The molecule has 4 aliphatic carbocycles. The van der Waals surface area contributed by atoms with Gasteiger partial charge in [0.1, 0.15) is 11.7 Å². The number of aliphatic hydroxyl groups is 5. The van der Waals surface area contributed by atoms with Crippen molar-refractivity contribution < 1.29 is 35.1 Å². The van der Waals surface area contributed by atoms with Gasteiger partial charge in [0.2, 0.25) is 0 Å². The highest BCUT2D eigenvalue weighted by Gasteiger charge is 2.77. The van der Waals surface area contributed by atoms with E-state index in [1.807, 2.05) is 0 Å². The summed E-state index contributed by atoms with van der Waals surface area (Å²) in [6.45, 7) is 8.20. The second-order valence-electron chi connectivity index (χ2n) is 11.3. The van der Waals surface area contributed by atoms with Gasteiger partial charge in [0.05, 0.1) is 23.4 Å². The first kappa shape index (κ1) is 21.5. The van der Waals surface area contributed by atoms with Gasteiger partial charge in [-0.25, -0.2) is 0 Å². The molecule has 4 saturated carbocycles. The van der Waals surface area contributed by atoms with Crippen LogP contribution in [0.2, 0.25) is 0 Å². The monoisotopic (exact) mass is 412 g/mol. The Morgan fingerprint density at radius 2 is 1.59 bits per heavy atom. The number of aliphatic hydroxyl groups excluding tert-OH is 2. The van der Waals surface area contributed by atoms with Gasteiger partial charge in [-0.15, -0.1) is 0 Å². The van der Waals surface area contributed by atoms with Crippen molar-refractivity contribution in [2.24, 2.45) is 28.6 Å². The molecule has 0 radical (unpaired) electrons. The van der Waals surface area contributed by atoms with E-state index in [1.54, 1.807) is 27.7 Å². The van der Waals surface area contributed by atoms with Crippen molar-refractivity contribution in [3.05, 3.63) is 0 Å². The van der Waals surface area contributed by atoms with Crippen molar-refractivity contribution >= 4 is 5.97 Å². The predicted molar refractivity (Wildman–Crippen MR) is 104 cm³/mol. The van der Waals surface area contributed by atoms with Crippen LogP contribution in [0.25, 0.3) is 0 Å². The summed E-state index contributed by atoms with van der Waals surface area (Å²) in [6.07, 6.45) is -0.985. The summed E-state index contributed by atoms with van der Waals surface area (Å²) in [6, 6.07) is 0. The van der Waals surface area contributed by atoms with Gasteiger partial charge in [-0.1, -0.05) is 13.8 Å². The normalized spacial score (nSPS) is 58.3. The van der Waals surface area contributed by atoms with Crippen LogP contribution in [-0.4, -0.2) is 66.6 Å². The van der Waals surface area contributed by atoms with Gasteiger partial charge >= 0.3 is 5.97 Å². The summed E-state index contributed by atoms with van der Waals surface area (Å²) < 4.78 is 5.75. The standard InChI is InChI=1S/C22H36O7/c1-11(23)29-17-12-6-7-13-20(5,27)14-8-15(24)18(2,3)22(14,28)16(25)9-21(13,17)10-19(12,4)26/h12-17,24-28H,6-10H2,1-5H3/t12?,13?,14?,15?,16?,17-,19-,20-,21+,22?/m1/s1. The Balaban J connectivity index is 1.90. The molecule has 7 nitrogen and oxygen atoms in total. The third-order valence-electron chi connectivity index (χ3n) is 9.52. The molecule has 0 aromatic rings. The van der Waals surface area contributed by atoms with Gasteiger partial charge in [0.15, 0.2) is 0 Å². The van der Waals surface area contributed by atoms with E-state index in [1.165, 1.54) is 6.92 Å². The maximum Gasteiger partial charge on any atom is 0.302 e. The molecule has 6 unspecified atom stereocenters. The third kappa shape index (κ3) is 2.45. The first-order chi connectivity index (χ1) is 13.1. The van der Waals surface area contributed by atoms with E-state index in [9.17, 15) is 30.3 Å². The highest BCUT2D eigenvalue weighted by atomic mass is 16.5. The fourth-order valence-corrected chi connectivity index (χ4v) is 8.14. The van der Waals surface area contributed by atoms with E-state index < -0.39 is 57.8 Å². The minimum atomic E-state index is -1.70. The summed E-state index contributed by atoms with van der Waals surface area (Å²) in [5, 5.41) is 57.0. The number of esters is 1. The molecule has 4 aliphatic rings. The third-order valence-corrected chi connectivity index (χ3v) is 9.52. The summed E-state index contributed by atoms with van der Waals surface area (Å²) in [5.41, 5.74) is -6.08. The number of carbonyl (C=O) groups is 1. The lowest BCUT2D eigenvalue weighted by molar-refractivity contribution is -0.202. The molecule has 166 valence electrons. The molecule has 0 aliphatic heterocycles. The van der Waals surface area contributed by atoms with E-state index in [0.29, 0.717) is 12.8 Å². The molecule has 29 heavy (non-hydrogen) atoms. The maximum atomic E-state index is 11.9. The van der Waals surface area contributed by atoms with Crippen molar-refractivity contribution in [2.75, 3.05) is 0 Å². The Kier molecular flexibility index (Phi) is 4.41. The summed E-state index contributed by atoms with van der Waals surface area (Å²) in [4.78, 5) is 11.9. The van der Waals surface area contributed by atoms with Crippen LogP contribution in [0.3, 0.4) is 0 Å².